The molecule has 17 nitrogen and oxygen atoms in total. The van der Waals surface area contributed by atoms with E-state index < -0.39 is 51.8 Å². The van der Waals surface area contributed by atoms with Crippen LogP contribution in [0.2, 0.25) is 0 Å². The van der Waals surface area contributed by atoms with Crippen LogP contribution in [-0.2, 0) is 42.7 Å². The van der Waals surface area contributed by atoms with Gasteiger partial charge in [-0.3, -0.25) is 16.8 Å². The molecule has 41 heavy (non-hydrogen) atoms. The van der Waals surface area contributed by atoms with Crippen molar-refractivity contribution >= 4 is 27.1 Å². The van der Waals surface area contributed by atoms with Crippen LogP contribution in [0.25, 0.3) is 0 Å². The van der Waals surface area contributed by atoms with E-state index in [-0.39, 0.29) is 71.6 Å². The molecule has 9 N–H and O–H groups in total. The fourth-order valence-electron chi connectivity index (χ4n) is 2.11. The van der Waals surface area contributed by atoms with E-state index in [0.29, 0.717) is 0 Å². The van der Waals surface area contributed by atoms with E-state index in [9.17, 15) is 4.79 Å². The first kappa shape index (κ1) is 60.7. The molecule has 21 heteroatoms. The standard InChI is InChI=1S/C12H25.C6H12O6.C2H6O2.Cu.Na.2H2O4S.H2O/c1-3-5-7-9-11-12-10-8-6-4-2;7-1-3(9)5(11)6(12)4(10)2-8;3-1-2-4;;;2*1-5(2,3)4;/h1,3-12H2,2H3;1,3-6,8-12H,2H2;3-4H,1-2H2;;;2*(H2,1,2,3,4);1H2/q-1;;;;+1;;;/p-4/t;3-,4+,5+,6+;;;;;;/m.0....../s1. The molecule has 0 saturated carbocycles. The first-order valence-electron chi connectivity index (χ1n) is 11.5. The van der Waals surface area contributed by atoms with Gasteiger partial charge in [0.1, 0.15) is 24.4 Å². The number of aliphatic hydroxyl groups excluding tert-OH is 7. The van der Waals surface area contributed by atoms with Gasteiger partial charge in [0.25, 0.3) is 0 Å². The predicted octanol–water partition coefficient (Wildman–Crippen LogP) is -6.17. The number of carbonyl (C=O) groups excluding carboxylic acids is 1. The van der Waals surface area contributed by atoms with Crippen LogP contribution in [0.3, 0.4) is 0 Å². The molecule has 0 rings (SSSR count). The normalized spacial score (nSPS) is 12.8. The van der Waals surface area contributed by atoms with Crippen molar-refractivity contribution in [3.63, 3.8) is 0 Å². The van der Waals surface area contributed by atoms with Gasteiger partial charge in [-0.1, -0.05) is 64.7 Å². The maximum atomic E-state index is 9.90. The summed E-state index contributed by atoms with van der Waals surface area (Å²) in [4.78, 5) is 9.90. The van der Waals surface area contributed by atoms with Crippen LogP contribution in [0.5, 0.6) is 0 Å². The maximum absolute atomic E-state index is 9.90. The Balaban J connectivity index is -0.0000000584. The zero-order chi connectivity index (χ0) is 31.2. The summed E-state index contributed by atoms with van der Waals surface area (Å²) in [6.45, 7) is 5.11. The molecule has 0 fully saturated rings. The molecule has 255 valence electrons. The van der Waals surface area contributed by atoms with E-state index in [1.807, 2.05) is 0 Å². The van der Waals surface area contributed by atoms with Crippen molar-refractivity contribution in [1.82, 2.24) is 0 Å². The average molecular weight is 708 g/mol. The van der Waals surface area contributed by atoms with Crippen molar-refractivity contribution in [3.05, 3.63) is 6.92 Å². The number of hydrogen-bond acceptors (Lipinski definition) is 16. The van der Waals surface area contributed by atoms with E-state index >= 15 is 0 Å². The minimum absolute atomic E-state index is 0. The molecule has 0 unspecified atom stereocenters. The fourth-order valence-corrected chi connectivity index (χ4v) is 2.11. The molecule has 0 aromatic carbocycles. The van der Waals surface area contributed by atoms with Gasteiger partial charge < -0.3 is 71.2 Å². The molecule has 0 aromatic heterocycles. The van der Waals surface area contributed by atoms with Gasteiger partial charge in [0.15, 0.2) is 6.29 Å². The second-order valence-electron chi connectivity index (χ2n) is 7.30. The van der Waals surface area contributed by atoms with E-state index in [1.54, 1.807) is 0 Å². The Morgan fingerprint density at radius 3 is 1.22 bits per heavy atom. The summed E-state index contributed by atoms with van der Waals surface area (Å²) in [5.41, 5.74) is 0. The van der Waals surface area contributed by atoms with Crippen molar-refractivity contribution in [2.75, 3.05) is 19.8 Å². The molecule has 0 saturated heterocycles. The van der Waals surface area contributed by atoms with Crippen molar-refractivity contribution in [2.45, 2.75) is 95.5 Å². The Morgan fingerprint density at radius 2 is 1.00 bits per heavy atom. The van der Waals surface area contributed by atoms with Gasteiger partial charge >= 0.3 is 29.6 Å². The van der Waals surface area contributed by atoms with Gasteiger partial charge in [0.2, 0.25) is 0 Å². The van der Waals surface area contributed by atoms with Crippen LogP contribution in [0.4, 0.5) is 0 Å². The third kappa shape index (κ3) is 85.5. The van der Waals surface area contributed by atoms with Crippen LogP contribution in [0.1, 0.15) is 71.1 Å². The molecule has 0 heterocycles. The summed E-state index contributed by atoms with van der Waals surface area (Å²) in [5, 5.41) is 58.8. The minimum atomic E-state index is -5.17. The fraction of sp³-hybridized carbons (Fsp3) is 0.900. The average Bonchev–Trinajstić information content (AvgIpc) is 2.82. The number of rotatable bonds is 15. The topological polar surface area (TPSA) is 351 Å². The van der Waals surface area contributed by atoms with E-state index in [4.69, 9.17) is 70.8 Å². The second kappa shape index (κ2) is 42.7. The quantitative estimate of drug-likeness (QED) is 0.0208. The molecular formula is C20H45CuNaO17S2-4. The molecule has 4 atom stereocenters. The van der Waals surface area contributed by atoms with Crippen LogP contribution < -0.4 is 29.6 Å². The van der Waals surface area contributed by atoms with Crippen molar-refractivity contribution in [2.24, 2.45) is 0 Å². The molecule has 0 aromatic rings. The summed E-state index contributed by atoms with van der Waals surface area (Å²) >= 11 is 0. The number of aliphatic hydroxyl groups is 7. The third-order valence-corrected chi connectivity index (χ3v) is 3.87. The van der Waals surface area contributed by atoms with Gasteiger partial charge in [0, 0.05) is 37.9 Å². The summed E-state index contributed by atoms with van der Waals surface area (Å²) < 4.78 is 68.2. The van der Waals surface area contributed by atoms with Crippen molar-refractivity contribution in [3.8, 4) is 0 Å². The number of carbonyl (C=O) groups is 1. The van der Waals surface area contributed by atoms with E-state index in [2.05, 4.69) is 13.8 Å². The minimum Gasteiger partial charge on any atom is -0.759 e. The molecule has 0 bridgehead atoms. The number of hydrogen-bond donors (Lipinski definition) is 7. The number of unbranched alkanes of at least 4 members (excludes halogenated alkanes) is 9. The zero-order valence-corrected chi connectivity index (χ0v) is 27.8. The van der Waals surface area contributed by atoms with Crippen LogP contribution in [0, 0.1) is 6.92 Å². The van der Waals surface area contributed by atoms with Crippen molar-refractivity contribution in [1.29, 1.82) is 0 Å². The molecule has 0 amide bonds. The number of aldehydes is 1. The Bertz CT molecular complexity index is 629. The summed E-state index contributed by atoms with van der Waals surface area (Å²) in [6.07, 6.45) is 7.04. The monoisotopic (exact) mass is 707 g/mol. The summed E-state index contributed by atoms with van der Waals surface area (Å²) in [5.74, 6) is 0. The smallest absolute Gasteiger partial charge is 0.759 e. The van der Waals surface area contributed by atoms with Gasteiger partial charge in [-0.05, 0) is 0 Å². The molecule has 0 aliphatic carbocycles. The van der Waals surface area contributed by atoms with Gasteiger partial charge in [-0.25, -0.2) is 0 Å². The molecular weight excluding hydrogens is 663 g/mol. The van der Waals surface area contributed by atoms with Crippen LogP contribution >= 0.6 is 0 Å². The summed E-state index contributed by atoms with van der Waals surface area (Å²) in [7, 11) is -10.3. The largest absolute Gasteiger partial charge is 1.00 e. The van der Waals surface area contributed by atoms with Crippen LogP contribution in [0.15, 0.2) is 0 Å². The predicted molar refractivity (Wildman–Crippen MR) is 133 cm³/mol. The van der Waals surface area contributed by atoms with Gasteiger partial charge in [-0.2, -0.15) is 6.42 Å². The second-order valence-corrected chi connectivity index (χ2v) is 8.94. The zero-order valence-electron chi connectivity index (χ0n) is 23.2. The Hall–Kier alpha value is 0.609. The summed E-state index contributed by atoms with van der Waals surface area (Å²) in [6, 6.07) is 0. The Labute approximate surface area is 275 Å². The van der Waals surface area contributed by atoms with Gasteiger partial charge in [-0.15, -0.1) is 0 Å². The molecule has 0 aliphatic rings. The Morgan fingerprint density at radius 1 is 0.707 bits per heavy atom. The van der Waals surface area contributed by atoms with E-state index in [0.717, 1.165) is 6.42 Å². The van der Waals surface area contributed by atoms with E-state index in [1.165, 1.54) is 57.8 Å². The molecule has 1 radical (unpaired) electrons. The Kier molecular flexibility index (Phi) is 63.3. The third-order valence-electron chi connectivity index (χ3n) is 3.87. The SMILES string of the molecule is O.O=C[C@H](O)[C@@H](O)[C@H](O)[C@H](O)CO.O=S(=O)([O-])[O-].O=S(=O)([O-])[O-].OCCO.[CH2-]CCCCCCCCCCC.[Cu].[Na+]. The van der Waals surface area contributed by atoms with Gasteiger partial charge in [0.05, 0.1) is 19.8 Å². The first-order valence-corrected chi connectivity index (χ1v) is 14.2. The maximum Gasteiger partial charge on any atom is 1.00 e. The molecule has 0 spiro atoms. The molecule has 0 aliphatic heterocycles. The van der Waals surface area contributed by atoms with Crippen molar-refractivity contribution < 1.29 is 128 Å². The first-order chi connectivity index (χ1) is 17.4. The van der Waals surface area contributed by atoms with Crippen LogP contribution in [-0.4, -0.2) is 127 Å².